The maximum atomic E-state index is 12.7. The fourth-order valence-corrected chi connectivity index (χ4v) is 3.82. The Kier molecular flexibility index (Phi) is 7.09. The lowest BCUT2D eigenvalue weighted by Crippen LogP contribution is -2.45. The monoisotopic (exact) mass is 404 g/mol. The molecule has 4 heteroatoms. The van der Waals surface area contributed by atoms with E-state index in [9.17, 15) is 9.59 Å². The van der Waals surface area contributed by atoms with Gasteiger partial charge in [-0.05, 0) is 37.0 Å². The molecule has 1 saturated heterocycles. The first-order valence-electron chi connectivity index (χ1n) is 10.7. The van der Waals surface area contributed by atoms with Gasteiger partial charge in [-0.3, -0.25) is 9.59 Å². The molecular weight excluding hydrogens is 372 g/mol. The molecule has 2 amide bonds. The van der Waals surface area contributed by atoms with Gasteiger partial charge >= 0.3 is 0 Å². The van der Waals surface area contributed by atoms with Crippen molar-refractivity contribution in [2.45, 2.75) is 39.0 Å². The van der Waals surface area contributed by atoms with Gasteiger partial charge in [0.25, 0.3) is 0 Å². The number of nitrogens with one attached hydrogen (secondary N) is 1. The SMILES string of the molecule is Cc1cccc(C(C)(C)CNC(=O)C2CCN(C(=O)/C=C/c3ccccc3)CC2)c1. The van der Waals surface area contributed by atoms with Gasteiger partial charge in [-0.1, -0.05) is 74.0 Å². The van der Waals surface area contributed by atoms with Crippen molar-refractivity contribution >= 4 is 17.9 Å². The van der Waals surface area contributed by atoms with Gasteiger partial charge in [0.1, 0.15) is 0 Å². The lowest BCUT2D eigenvalue weighted by molar-refractivity contribution is -0.132. The van der Waals surface area contributed by atoms with Crippen LogP contribution in [0.5, 0.6) is 0 Å². The van der Waals surface area contributed by atoms with E-state index >= 15 is 0 Å². The molecule has 1 fully saturated rings. The minimum Gasteiger partial charge on any atom is -0.355 e. The van der Waals surface area contributed by atoms with Crippen LogP contribution in [0.4, 0.5) is 0 Å². The van der Waals surface area contributed by atoms with Crippen LogP contribution < -0.4 is 5.32 Å². The number of benzene rings is 2. The predicted octanol–water partition coefficient (Wildman–Crippen LogP) is 4.34. The van der Waals surface area contributed by atoms with Crippen molar-refractivity contribution in [2.24, 2.45) is 5.92 Å². The minimum atomic E-state index is -0.124. The lowest BCUT2D eigenvalue weighted by atomic mass is 9.83. The van der Waals surface area contributed by atoms with Crippen LogP contribution in [0.25, 0.3) is 6.08 Å². The summed E-state index contributed by atoms with van der Waals surface area (Å²) in [6, 6.07) is 18.2. The van der Waals surface area contributed by atoms with Gasteiger partial charge in [-0.15, -0.1) is 0 Å². The van der Waals surface area contributed by atoms with Gasteiger partial charge in [0.2, 0.25) is 11.8 Å². The zero-order valence-corrected chi connectivity index (χ0v) is 18.2. The normalized spacial score (nSPS) is 15.4. The summed E-state index contributed by atoms with van der Waals surface area (Å²) < 4.78 is 0. The van der Waals surface area contributed by atoms with E-state index in [-0.39, 0.29) is 23.1 Å². The molecule has 0 radical (unpaired) electrons. The molecule has 30 heavy (non-hydrogen) atoms. The maximum Gasteiger partial charge on any atom is 0.246 e. The fourth-order valence-electron chi connectivity index (χ4n) is 3.82. The zero-order chi connectivity index (χ0) is 21.6. The molecule has 1 aliphatic heterocycles. The van der Waals surface area contributed by atoms with E-state index in [0.717, 1.165) is 5.56 Å². The third-order valence-electron chi connectivity index (χ3n) is 5.90. The van der Waals surface area contributed by atoms with Crippen molar-refractivity contribution in [3.63, 3.8) is 0 Å². The van der Waals surface area contributed by atoms with E-state index in [0.29, 0.717) is 32.5 Å². The summed E-state index contributed by atoms with van der Waals surface area (Å²) in [7, 11) is 0. The molecular formula is C26H32N2O2. The summed E-state index contributed by atoms with van der Waals surface area (Å²) in [5.74, 6) is 0.0846. The summed E-state index contributed by atoms with van der Waals surface area (Å²) in [6.07, 6.45) is 4.89. The maximum absolute atomic E-state index is 12.7. The number of likely N-dealkylation sites (tertiary alicyclic amines) is 1. The summed E-state index contributed by atoms with van der Waals surface area (Å²) in [4.78, 5) is 27.0. The third kappa shape index (κ3) is 5.82. The van der Waals surface area contributed by atoms with E-state index in [1.807, 2.05) is 41.3 Å². The summed E-state index contributed by atoms with van der Waals surface area (Å²) in [5, 5.41) is 3.14. The van der Waals surface area contributed by atoms with Crippen LogP contribution in [0.2, 0.25) is 0 Å². The highest BCUT2D eigenvalue weighted by Crippen LogP contribution is 2.24. The number of nitrogens with zero attached hydrogens (tertiary/aromatic N) is 1. The summed E-state index contributed by atoms with van der Waals surface area (Å²) in [5.41, 5.74) is 3.34. The van der Waals surface area contributed by atoms with Gasteiger partial charge in [-0.2, -0.15) is 0 Å². The molecule has 0 spiro atoms. The average molecular weight is 405 g/mol. The Labute approximate surface area is 180 Å². The number of carbonyl (C=O) groups is 2. The van der Waals surface area contributed by atoms with E-state index in [4.69, 9.17) is 0 Å². The summed E-state index contributed by atoms with van der Waals surface area (Å²) >= 11 is 0. The second kappa shape index (κ2) is 9.75. The molecule has 0 aromatic heterocycles. The van der Waals surface area contributed by atoms with E-state index < -0.39 is 0 Å². The molecule has 1 aliphatic rings. The van der Waals surface area contributed by atoms with Gasteiger partial charge < -0.3 is 10.2 Å². The molecule has 0 aliphatic carbocycles. The Hall–Kier alpha value is -2.88. The molecule has 3 rings (SSSR count). The Bertz CT molecular complexity index is 894. The molecule has 0 unspecified atom stereocenters. The number of aryl methyl sites for hydroxylation is 1. The topological polar surface area (TPSA) is 49.4 Å². The molecule has 1 N–H and O–H groups in total. The Morgan fingerprint density at radius 3 is 2.43 bits per heavy atom. The van der Waals surface area contributed by atoms with Crippen LogP contribution in [-0.4, -0.2) is 36.3 Å². The first-order chi connectivity index (χ1) is 14.3. The minimum absolute atomic E-state index is 0.0123. The fraction of sp³-hybridized carbons (Fsp3) is 0.385. The quantitative estimate of drug-likeness (QED) is 0.728. The largest absolute Gasteiger partial charge is 0.355 e. The Morgan fingerprint density at radius 1 is 1.07 bits per heavy atom. The van der Waals surface area contributed by atoms with E-state index in [1.165, 1.54) is 11.1 Å². The molecule has 4 nitrogen and oxygen atoms in total. The number of hydrogen-bond donors (Lipinski definition) is 1. The molecule has 2 aromatic carbocycles. The van der Waals surface area contributed by atoms with Crippen molar-refractivity contribution in [2.75, 3.05) is 19.6 Å². The average Bonchev–Trinajstić information content (AvgIpc) is 2.76. The molecule has 0 atom stereocenters. The van der Waals surface area contributed by atoms with Crippen LogP contribution >= 0.6 is 0 Å². The molecule has 2 aromatic rings. The number of carbonyl (C=O) groups excluding carboxylic acids is 2. The number of rotatable bonds is 6. The van der Waals surface area contributed by atoms with Gasteiger partial charge in [0, 0.05) is 37.0 Å². The first-order valence-corrected chi connectivity index (χ1v) is 10.7. The van der Waals surface area contributed by atoms with E-state index in [2.05, 4.69) is 50.4 Å². The van der Waals surface area contributed by atoms with Crippen LogP contribution in [0.3, 0.4) is 0 Å². The smallest absolute Gasteiger partial charge is 0.246 e. The molecule has 0 bridgehead atoms. The van der Waals surface area contributed by atoms with Crippen LogP contribution in [0.1, 0.15) is 43.4 Å². The first kappa shape index (κ1) is 21.8. The van der Waals surface area contributed by atoms with Crippen LogP contribution in [0, 0.1) is 12.8 Å². The second-order valence-corrected chi connectivity index (χ2v) is 8.81. The van der Waals surface area contributed by atoms with Gasteiger partial charge in [-0.25, -0.2) is 0 Å². The van der Waals surface area contributed by atoms with Crippen molar-refractivity contribution in [1.29, 1.82) is 0 Å². The van der Waals surface area contributed by atoms with Crippen LogP contribution in [-0.2, 0) is 15.0 Å². The number of amides is 2. The van der Waals surface area contributed by atoms with Crippen molar-refractivity contribution in [1.82, 2.24) is 10.2 Å². The zero-order valence-electron chi connectivity index (χ0n) is 18.2. The molecule has 0 saturated carbocycles. The molecule has 158 valence electrons. The predicted molar refractivity (Wildman–Crippen MR) is 122 cm³/mol. The lowest BCUT2D eigenvalue weighted by Gasteiger charge is -2.32. The second-order valence-electron chi connectivity index (χ2n) is 8.81. The Morgan fingerprint density at radius 2 is 1.77 bits per heavy atom. The van der Waals surface area contributed by atoms with Gasteiger partial charge in [0.05, 0.1) is 0 Å². The Balaban J connectivity index is 1.47. The van der Waals surface area contributed by atoms with Gasteiger partial charge in [0.15, 0.2) is 0 Å². The standard InChI is InChI=1S/C26H32N2O2/c1-20-8-7-11-23(18-20)26(2,3)19-27-25(30)22-14-16-28(17-15-22)24(29)13-12-21-9-5-4-6-10-21/h4-13,18,22H,14-17,19H2,1-3H3,(H,27,30)/b13-12+. The molecule has 1 heterocycles. The van der Waals surface area contributed by atoms with Crippen LogP contribution in [0.15, 0.2) is 60.7 Å². The van der Waals surface area contributed by atoms with Crippen molar-refractivity contribution in [3.05, 3.63) is 77.4 Å². The highest BCUT2D eigenvalue weighted by atomic mass is 16.2. The highest BCUT2D eigenvalue weighted by Gasteiger charge is 2.28. The van der Waals surface area contributed by atoms with Crippen molar-refractivity contribution < 1.29 is 9.59 Å². The number of piperidine rings is 1. The summed E-state index contributed by atoms with van der Waals surface area (Å²) in [6.45, 7) is 8.25. The number of hydrogen-bond acceptors (Lipinski definition) is 2. The van der Waals surface area contributed by atoms with Crippen molar-refractivity contribution in [3.8, 4) is 0 Å². The highest BCUT2D eigenvalue weighted by molar-refractivity contribution is 5.92. The third-order valence-corrected chi connectivity index (χ3v) is 5.90. The van der Waals surface area contributed by atoms with E-state index in [1.54, 1.807) is 6.08 Å².